The number of aliphatic hydroxyl groups is 1. The Balaban J connectivity index is 1.80. The van der Waals surface area contributed by atoms with Crippen LogP contribution in [-0.4, -0.2) is 43.7 Å². The first-order valence-corrected chi connectivity index (χ1v) is 7.61. The summed E-state index contributed by atoms with van der Waals surface area (Å²) in [6.45, 7) is 3.25. The van der Waals surface area contributed by atoms with Crippen molar-refractivity contribution in [3.05, 3.63) is 6.33 Å². The summed E-state index contributed by atoms with van der Waals surface area (Å²) in [6, 6.07) is 0. The summed E-state index contributed by atoms with van der Waals surface area (Å²) >= 11 is 0. The van der Waals surface area contributed by atoms with Crippen LogP contribution in [0.5, 0.6) is 0 Å². The molecule has 1 aliphatic rings. The van der Waals surface area contributed by atoms with Crippen LogP contribution in [0.4, 0.5) is 11.8 Å². The predicted molar refractivity (Wildman–Crippen MR) is 82.4 cm³/mol. The molecule has 2 heterocycles. The maximum Gasteiger partial charge on any atom is 0.226 e. The van der Waals surface area contributed by atoms with Crippen LogP contribution in [0.1, 0.15) is 39.0 Å². The highest BCUT2D eigenvalue weighted by Crippen LogP contribution is 2.29. The van der Waals surface area contributed by atoms with Gasteiger partial charge in [0, 0.05) is 13.1 Å². The van der Waals surface area contributed by atoms with Crippen molar-refractivity contribution in [2.45, 2.75) is 44.6 Å². The number of H-pyrrole nitrogens is 1. The lowest BCUT2D eigenvalue weighted by molar-refractivity contribution is 0.0167. The molecule has 1 saturated carbocycles. The molecule has 1 aliphatic carbocycles. The second-order valence-corrected chi connectivity index (χ2v) is 5.67. The number of rotatable bonds is 5. The van der Waals surface area contributed by atoms with E-state index in [9.17, 15) is 5.11 Å². The molecule has 0 radical (unpaired) electrons. The molecule has 4 N–H and O–H groups in total. The molecule has 21 heavy (non-hydrogen) atoms. The van der Waals surface area contributed by atoms with Gasteiger partial charge >= 0.3 is 0 Å². The zero-order valence-electron chi connectivity index (χ0n) is 12.3. The Hall–Kier alpha value is -1.89. The molecule has 1 fully saturated rings. The quantitative estimate of drug-likeness (QED) is 0.671. The summed E-state index contributed by atoms with van der Waals surface area (Å²) in [5.41, 5.74) is 0.767. The van der Waals surface area contributed by atoms with E-state index in [-0.39, 0.29) is 0 Å². The van der Waals surface area contributed by atoms with Crippen molar-refractivity contribution in [1.82, 2.24) is 19.9 Å². The Labute approximate surface area is 123 Å². The Bertz CT molecular complexity index is 605. The number of aromatic amines is 1. The fourth-order valence-corrected chi connectivity index (χ4v) is 2.83. The maximum atomic E-state index is 10.6. The fourth-order valence-electron chi connectivity index (χ4n) is 2.83. The van der Waals surface area contributed by atoms with Crippen LogP contribution in [0.2, 0.25) is 0 Å². The molecule has 2 aromatic heterocycles. The smallest absolute Gasteiger partial charge is 0.226 e. The molecule has 2 aromatic rings. The van der Waals surface area contributed by atoms with E-state index < -0.39 is 5.60 Å². The van der Waals surface area contributed by atoms with Gasteiger partial charge in [-0.2, -0.15) is 9.97 Å². The maximum absolute atomic E-state index is 10.6. The van der Waals surface area contributed by atoms with Crippen molar-refractivity contribution in [3.8, 4) is 0 Å². The number of nitrogens with one attached hydrogen (secondary N) is 3. The number of nitrogens with zero attached hydrogens (tertiary/aromatic N) is 3. The van der Waals surface area contributed by atoms with Crippen molar-refractivity contribution in [2.24, 2.45) is 0 Å². The average Bonchev–Trinajstić information content (AvgIpc) is 2.94. The second kappa shape index (κ2) is 5.85. The molecule has 7 nitrogen and oxygen atoms in total. The van der Waals surface area contributed by atoms with Crippen molar-refractivity contribution in [3.63, 3.8) is 0 Å². The Morgan fingerprint density at radius 1 is 1.24 bits per heavy atom. The molecular weight excluding hydrogens is 268 g/mol. The summed E-state index contributed by atoms with van der Waals surface area (Å²) < 4.78 is 0. The monoisotopic (exact) mass is 290 g/mol. The Morgan fingerprint density at radius 3 is 2.81 bits per heavy atom. The SMILES string of the molecule is CCNc1nc(NCC2(O)CCCCC2)c2[nH]cnc2n1. The van der Waals surface area contributed by atoms with Crippen LogP contribution in [-0.2, 0) is 0 Å². The third-order valence-electron chi connectivity index (χ3n) is 3.99. The van der Waals surface area contributed by atoms with Gasteiger partial charge in [0.25, 0.3) is 0 Å². The highest BCUT2D eigenvalue weighted by Gasteiger charge is 2.29. The fraction of sp³-hybridized carbons (Fsp3) is 0.643. The molecule has 0 bridgehead atoms. The molecule has 0 saturated heterocycles. The minimum atomic E-state index is -0.631. The van der Waals surface area contributed by atoms with E-state index in [4.69, 9.17) is 0 Å². The molecule has 0 aromatic carbocycles. The molecule has 0 aliphatic heterocycles. The molecule has 114 valence electrons. The number of fused-ring (bicyclic) bond motifs is 1. The van der Waals surface area contributed by atoms with Crippen molar-refractivity contribution in [2.75, 3.05) is 23.7 Å². The number of hydrogen-bond acceptors (Lipinski definition) is 6. The number of hydrogen-bond donors (Lipinski definition) is 4. The summed E-state index contributed by atoms with van der Waals surface area (Å²) in [5, 5.41) is 16.9. The standard InChI is InChI=1S/C14H22N6O/c1-2-15-13-19-11(10-12(20-13)18-9-17-10)16-8-14(21)6-4-3-5-7-14/h9,21H,2-8H2,1H3,(H3,15,16,17,18,19,20). The predicted octanol–water partition coefficient (Wildman–Crippen LogP) is 1.89. The largest absolute Gasteiger partial charge is 0.388 e. The van der Waals surface area contributed by atoms with Gasteiger partial charge in [0.2, 0.25) is 5.95 Å². The van der Waals surface area contributed by atoms with Gasteiger partial charge in [0.05, 0.1) is 11.9 Å². The first-order chi connectivity index (χ1) is 10.2. The summed E-state index contributed by atoms with van der Waals surface area (Å²) in [6.07, 6.45) is 6.68. The number of aromatic nitrogens is 4. The van der Waals surface area contributed by atoms with Crippen LogP contribution in [0.15, 0.2) is 6.33 Å². The van der Waals surface area contributed by atoms with E-state index in [2.05, 4.69) is 30.6 Å². The Morgan fingerprint density at radius 2 is 2.05 bits per heavy atom. The van der Waals surface area contributed by atoms with Crippen LogP contribution >= 0.6 is 0 Å². The van der Waals surface area contributed by atoms with Crippen molar-refractivity contribution in [1.29, 1.82) is 0 Å². The second-order valence-electron chi connectivity index (χ2n) is 5.67. The van der Waals surface area contributed by atoms with Crippen LogP contribution in [0, 0.1) is 0 Å². The lowest BCUT2D eigenvalue weighted by atomic mass is 9.85. The Kier molecular flexibility index (Phi) is 3.92. The first-order valence-electron chi connectivity index (χ1n) is 7.61. The molecular formula is C14H22N6O. The molecule has 0 atom stereocenters. The molecule has 0 unspecified atom stereocenters. The minimum absolute atomic E-state index is 0.504. The van der Waals surface area contributed by atoms with Gasteiger partial charge in [0.1, 0.15) is 5.52 Å². The van der Waals surface area contributed by atoms with Gasteiger partial charge in [0.15, 0.2) is 11.5 Å². The zero-order valence-corrected chi connectivity index (χ0v) is 12.3. The summed E-state index contributed by atoms with van der Waals surface area (Å²) in [4.78, 5) is 16.0. The molecule has 3 rings (SSSR count). The van der Waals surface area contributed by atoms with E-state index in [0.29, 0.717) is 24.0 Å². The van der Waals surface area contributed by atoms with E-state index in [1.807, 2.05) is 6.92 Å². The normalized spacial score (nSPS) is 17.8. The first kappa shape index (κ1) is 14.1. The van der Waals surface area contributed by atoms with Crippen molar-refractivity contribution < 1.29 is 5.11 Å². The van der Waals surface area contributed by atoms with Crippen molar-refractivity contribution >= 4 is 22.9 Å². The van der Waals surface area contributed by atoms with Gasteiger partial charge in [-0.15, -0.1) is 0 Å². The third-order valence-corrected chi connectivity index (χ3v) is 3.99. The van der Waals surface area contributed by atoms with E-state index >= 15 is 0 Å². The van der Waals surface area contributed by atoms with E-state index in [1.54, 1.807) is 6.33 Å². The minimum Gasteiger partial charge on any atom is -0.388 e. The zero-order chi connectivity index (χ0) is 14.7. The topological polar surface area (TPSA) is 98.8 Å². The van der Waals surface area contributed by atoms with Crippen LogP contribution < -0.4 is 10.6 Å². The third kappa shape index (κ3) is 3.07. The highest BCUT2D eigenvalue weighted by molar-refractivity contribution is 5.83. The van der Waals surface area contributed by atoms with E-state index in [1.165, 1.54) is 6.42 Å². The summed E-state index contributed by atoms with van der Waals surface area (Å²) in [5.74, 6) is 1.24. The molecule has 0 spiro atoms. The van der Waals surface area contributed by atoms with Crippen LogP contribution in [0.3, 0.4) is 0 Å². The summed E-state index contributed by atoms with van der Waals surface area (Å²) in [7, 11) is 0. The number of imidazole rings is 1. The number of anilines is 2. The highest BCUT2D eigenvalue weighted by atomic mass is 16.3. The van der Waals surface area contributed by atoms with Gasteiger partial charge in [-0.3, -0.25) is 0 Å². The van der Waals surface area contributed by atoms with Gasteiger partial charge < -0.3 is 20.7 Å². The van der Waals surface area contributed by atoms with E-state index in [0.717, 1.165) is 37.7 Å². The van der Waals surface area contributed by atoms with Gasteiger partial charge in [-0.1, -0.05) is 19.3 Å². The lowest BCUT2D eigenvalue weighted by Crippen LogP contribution is -2.39. The molecule has 0 amide bonds. The average molecular weight is 290 g/mol. The van der Waals surface area contributed by atoms with Gasteiger partial charge in [-0.05, 0) is 19.8 Å². The molecule has 7 heteroatoms. The lowest BCUT2D eigenvalue weighted by Gasteiger charge is -2.32. The van der Waals surface area contributed by atoms with Gasteiger partial charge in [-0.25, -0.2) is 4.98 Å². The van der Waals surface area contributed by atoms with Crippen LogP contribution in [0.25, 0.3) is 11.2 Å².